The van der Waals surface area contributed by atoms with Gasteiger partial charge in [0.25, 0.3) is 0 Å². The molecule has 0 spiro atoms. The second-order valence-electron chi connectivity index (χ2n) is 5.05. The number of amides is 1. The van der Waals surface area contributed by atoms with E-state index in [1.165, 1.54) is 0 Å². The van der Waals surface area contributed by atoms with E-state index in [2.05, 4.69) is 15.9 Å². The predicted molar refractivity (Wildman–Crippen MR) is 75.5 cm³/mol. The molecule has 0 N–H and O–H groups in total. The first kappa shape index (κ1) is 12.9. The van der Waals surface area contributed by atoms with Gasteiger partial charge in [0.2, 0.25) is 5.91 Å². The molecule has 1 aromatic carbocycles. The number of nitrogens with zero attached hydrogens (tertiary/aromatic N) is 1. The first-order valence-corrected chi connectivity index (χ1v) is 7.30. The minimum Gasteiger partial charge on any atom is -0.487 e. The van der Waals surface area contributed by atoms with E-state index >= 15 is 0 Å². The number of fused-ring (bicyclic) bond motifs is 1. The number of benzene rings is 1. The predicted octanol–water partition coefficient (Wildman–Crippen LogP) is 2.60. The topological polar surface area (TPSA) is 38.8 Å². The van der Waals surface area contributed by atoms with Crippen LogP contribution in [0.2, 0.25) is 0 Å². The molecule has 2 atom stereocenters. The lowest BCUT2D eigenvalue weighted by Gasteiger charge is -2.34. The highest BCUT2D eigenvalue weighted by atomic mass is 79.9. The van der Waals surface area contributed by atoms with E-state index in [4.69, 9.17) is 9.47 Å². The zero-order chi connectivity index (χ0) is 13.4. The summed E-state index contributed by atoms with van der Waals surface area (Å²) in [5, 5.41) is 0. The highest BCUT2D eigenvalue weighted by Crippen LogP contribution is 2.37. The van der Waals surface area contributed by atoms with Crippen molar-refractivity contribution >= 4 is 27.5 Å². The molecule has 0 bridgehead atoms. The number of carbonyl (C=O) groups excluding carboxylic acids is 1. The van der Waals surface area contributed by atoms with Crippen LogP contribution < -0.4 is 9.64 Å². The fourth-order valence-corrected chi connectivity index (χ4v) is 2.92. The SMILES string of the molecule is C[C@H]1CN(C(=O)[C@H]2CCOC2)c2cc(Br)ccc2O1. The van der Waals surface area contributed by atoms with Gasteiger partial charge in [-0.15, -0.1) is 0 Å². The summed E-state index contributed by atoms with van der Waals surface area (Å²) in [6.45, 7) is 3.80. The average molecular weight is 326 g/mol. The van der Waals surface area contributed by atoms with Crippen molar-refractivity contribution in [3.8, 4) is 5.75 Å². The van der Waals surface area contributed by atoms with Crippen molar-refractivity contribution in [1.29, 1.82) is 0 Å². The molecule has 2 aliphatic rings. The monoisotopic (exact) mass is 325 g/mol. The standard InChI is InChI=1S/C14H16BrNO3/c1-9-7-16(14(17)10-4-5-18-8-10)12-6-11(15)2-3-13(12)19-9/h2-3,6,9-10H,4-5,7-8H2,1H3/t9-,10-/m0/s1. The van der Waals surface area contributed by atoms with Gasteiger partial charge in [-0.2, -0.15) is 0 Å². The van der Waals surface area contributed by atoms with Gasteiger partial charge < -0.3 is 14.4 Å². The van der Waals surface area contributed by atoms with Crippen LogP contribution in [0.4, 0.5) is 5.69 Å². The molecule has 5 heteroatoms. The number of ether oxygens (including phenoxy) is 2. The Hall–Kier alpha value is -1.07. The van der Waals surface area contributed by atoms with Gasteiger partial charge in [0.15, 0.2) is 0 Å². The summed E-state index contributed by atoms with van der Waals surface area (Å²) < 4.78 is 12.1. The Morgan fingerprint density at radius 3 is 3.05 bits per heavy atom. The molecule has 0 aliphatic carbocycles. The van der Waals surface area contributed by atoms with Crippen LogP contribution in [0.15, 0.2) is 22.7 Å². The summed E-state index contributed by atoms with van der Waals surface area (Å²) in [4.78, 5) is 14.4. The van der Waals surface area contributed by atoms with Gasteiger partial charge >= 0.3 is 0 Å². The molecule has 0 aromatic heterocycles. The zero-order valence-corrected chi connectivity index (χ0v) is 12.4. The lowest BCUT2D eigenvalue weighted by atomic mass is 10.1. The molecular formula is C14H16BrNO3. The van der Waals surface area contributed by atoms with Gasteiger partial charge in [-0.1, -0.05) is 15.9 Å². The fraction of sp³-hybridized carbons (Fsp3) is 0.500. The molecule has 0 saturated carbocycles. The summed E-state index contributed by atoms with van der Waals surface area (Å²) >= 11 is 3.45. The third kappa shape index (κ3) is 2.49. The Kier molecular flexibility index (Phi) is 3.50. The maximum atomic E-state index is 12.6. The van der Waals surface area contributed by atoms with E-state index in [9.17, 15) is 4.79 Å². The Bertz CT molecular complexity index is 499. The first-order valence-electron chi connectivity index (χ1n) is 6.50. The number of hydrogen-bond donors (Lipinski definition) is 0. The highest BCUT2D eigenvalue weighted by molar-refractivity contribution is 9.10. The van der Waals surface area contributed by atoms with Crippen LogP contribution in [0, 0.1) is 5.92 Å². The van der Waals surface area contributed by atoms with Crippen molar-refractivity contribution < 1.29 is 14.3 Å². The molecule has 1 fully saturated rings. The number of halogens is 1. The Morgan fingerprint density at radius 2 is 2.32 bits per heavy atom. The van der Waals surface area contributed by atoms with Crippen LogP contribution in [0.5, 0.6) is 5.75 Å². The van der Waals surface area contributed by atoms with Gasteiger partial charge in [0, 0.05) is 11.1 Å². The third-order valence-corrected chi connectivity index (χ3v) is 4.02. The molecule has 3 rings (SSSR count). The molecular weight excluding hydrogens is 310 g/mol. The number of rotatable bonds is 1. The second kappa shape index (κ2) is 5.13. The van der Waals surface area contributed by atoms with Gasteiger partial charge in [-0.05, 0) is 31.5 Å². The summed E-state index contributed by atoms with van der Waals surface area (Å²) in [5.41, 5.74) is 0.851. The van der Waals surface area contributed by atoms with Crippen molar-refractivity contribution in [2.24, 2.45) is 5.92 Å². The Labute approximate surface area is 120 Å². The maximum Gasteiger partial charge on any atom is 0.232 e. The minimum atomic E-state index is -0.0165. The quantitative estimate of drug-likeness (QED) is 0.796. The summed E-state index contributed by atoms with van der Waals surface area (Å²) in [6, 6.07) is 5.77. The number of anilines is 1. The van der Waals surface area contributed by atoms with Crippen molar-refractivity contribution in [2.45, 2.75) is 19.4 Å². The summed E-state index contributed by atoms with van der Waals surface area (Å²) in [6.07, 6.45) is 0.827. The minimum absolute atomic E-state index is 0.0138. The van der Waals surface area contributed by atoms with E-state index < -0.39 is 0 Å². The number of carbonyl (C=O) groups is 1. The molecule has 1 saturated heterocycles. The van der Waals surface area contributed by atoms with E-state index in [0.717, 1.165) is 22.3 Å². The maximum absolute atomic E-state index is 12.6. The van der Waals surface area contributed by atoms with Crippen molar-refractivity contribution in [3.05, 3.63) is 22.7 Å². The molecule has 0 radical (unpaired) electrons. The van der Waals surface area contributed by atoms with E-state index in [0.29, 0.717) is 19.8 Å². The van der Waals surface area contributed by atoms with Crippen molar-refractivity contribution in [2.75, 3.05) is 24.7 Å². The van der Waals surface area contributed by atoms with Crippen LogP contribution in [0.25, 0.3) is 0 Å². The highest BCUT2D eigenvalue weighted by Gasteiger charge is 2.33. The molecule has 102 valence electrons. The van der Waals surface area contributed by atoms with Crippen molar-refractivity contribution in [1.82, 2.24) is 0 Å². The number of hydrogen-bond acceptors (Lipinski definition) is 3. The molecule has 4 nitrogen and oxygen atoms in total. The summed E-state index contributed by atoms with van der Waals surface area (Å²) in [5.74, 6) is 0.901. The molecule has 0 unspecified atom stereocenters. The van der Waals surface area contributed by atoms with Gasteiger partial charge in [-0.25, -0.2) is 0 Å². The summed E-state index contributed by atoms with van der Waals surface area (Å²) in [7, 11) is 0. The van der Waals surface area contributed by atoms with Crippen LogP contribution in [-0.2, 0) is 9.53 Å². The normalized spacial score (nSPS) is 25.9. The Morgan fingerprint density at radius 1 is 1.47 bits per heavy atom. The van der Waals surface area contributed by atoms with Crippen LogP contribution in [0.1, 0.15) is 13.3 Å². The first-order chi connectivity index (χ1) is 9.15. The van der Waals surface area contributed by atoms with E-state index in [1.54, 1.807) is 0 Å². The smallest absolute Gasteiger partial charge is 0.232 e. The van der Waals surface area contributed by atoms with Crippen molar-refractivity contribution in [3.63, 3.8) is 0 Å². The molecule has 2 aliphatic heterocycles. The average Bonchev–Trinajstić information content (AvgIpc) is 2.91. The van der Waals surface area contributed by atoms with E-state index in [1.807, 2.05) is 30.0 Å². The van der Waals surface area contributed by atoms with Crippen LogP contribution in [0.3, 0.4) is 0 Å². The molecule has 19 heavy (non-hydrogen) atoms. The molecule has 1 aromatic rings. The lowest BCUT2D eigenvalue weighted by molar-refractivity contribution is -0.122. The van der Waals surface area contributed by atoms with E-state index in [-0.39, 0.29) is 17.9 Å². The molecule has 2 heterocycles. The van der Waals surface area contributed by atoms with Crippen LogP contribution in [-0.4, -0.2) is 31.8 Å². The second-order valence-corrected chi connectivity index (χ2v) is 5.97. The van der Waals surface area contributed by atoms with Gasteiger partial charge in [0.1, 0.15) is 11.9 Å². The van der Waals surface area contributed by atoms with Gasteiger partial charge in [0.05, 0.1) is 24.8 Å². The Balaban J connectivity index is 1.93. The van der Waals surface area contributed by atoms with Crippen LogP contribution >= 0.6 is 15.9 Å². The fourth-order valence-electron chi connectivity index (χ4n) is 2.57. The third-order valence-electron chi connectivity index (χ3n) is 3.52. The molecule has 1 amide bonds. The zero-order valence-electron chi connectivity index (χ0n) is 10.8. The lowest BCUT2D eigenvalue weighted by Crippen LogP contribution is -2.45. The largest absolute Gasteiger partial charge is 0.487 e. The van der Waals surface area contributed by atoms with Gasteiger partial charge in [-0.3, -0.25) is 4.79 Å².